The van der Waals surface area contributed by atoms with E-state index in [2.05, 4.69) is 26.6 Å². The summed E-state index contributed by atoms with van der Waals surface area (Å²) in [5.74, 6) is -0.0835. The summed E-state index contributed by atoms with van der Waals surface area (Å²) in [4.78, 5) is 25.7. The second kappa shape index (κ2) is 6.26. The predicted octanol–water partition coefficient (Wildman–Crippen LogP) is 2.50. The highest BCUT2D eigenvalue weighted by molar-refractivity contribution is 9.10. The van der Waals surface area contributed by atoms with E-state index in [0.29, 0.717) is 19.5 Å². The van der Waals surface area contributed by atoms with Crippen LogP contribution in [0.1, 0.15) is 18.9 Å². The topological polar surface area (TPSA) is 61.4 Å². The van der Waals surface area contributed by atoms with Crippen molar-refractivity contribution in [2.24, 2.45) is 0 Å². The lowest BCUT2D eigenvalue weighted by Crippen LogP contribution is -2.57. The first kappa shape index (κ1) is 14.8. The molecule has 1 fully saturated rings. The fourth-order valence-electron chi connectivity index (χ4n) is 2.29. The first-order valence-corrected chi connectivity index (χ1v) is 7.44. The van der Waals surface area contributed by atoms with Gasteiger partial charge in [-0.3, -0.25) is 4.79 Å². The van der Waals surface area contributed by atoms with Crippen LogP contribution in [0.2, 0.25) is 0 Å². The molecule has 1 aromatic carbocycles. The van der Waals surface area contributed by atoms with Crippen molar-refractivity contribution in [3.05, 3.63) is 28.2 Å². The van der Waals surface area contributed by atoms with E-state index in [4.69, 9.17) is 0 Å². The number of benzene rings is 1. The number of amides is 3. The minimum absolute atomic E-state index is 0.0835. The summed E-state index contributed by atoms with van der Waals surface area (Å²) < 4.78 is 0.943. The van der Waals surface area contributed by atoms with Crippen molar-refractivity contribution in [3.8, 4) is 0 Å². The normalized spacial score (nSPS) is 18.6. The van der Waals surface area contributed by atoms with Crippen LogP contribution in [0, 0.1) is 6.92 Å². The molecular weight excluding hydrogens is 322 g/mol. The van der Waals surface area contributed by atoms with Crippen LogP contribution in [-0.2, 0) is 4.79 Å². The highest BCUT2D eigenvalue weighted by Crippen LogP contribution is 2.24. The molecule has 1 heterocycles. The molecule has 1 atom stereocenters. The molecule has 20 heavy (non-hydrogen) atoms. The fraction of sp³-hybridized carbons (Fsp3) is 0.429. The summed E-state index contributed by atoms with van der Waals surface area (Å²) in [6, 6.07) is 5.02. The first-order valence-electron chi connectivity index (χ1n) is 6.65. The van der Waals surface area contributed by atoms with Gasteiger partial charge < -0.3 is 15.5 Å². The molecule has 0 unspecified atom stereocenters. The lowest BCUT2D eigenvalue weighted by Gasteiger charge is -2.34. The van der Waals surface area contributed by atoms with Crippen molar-refractivity contribution in [2.75, 3.05) is 18.4 Å². The second-order valence-corrected chi connectivity index (χ2v) is 5.61. The van der Waals surface area contributed by atoms with Crippen LogP contribution < -0.4 is 10.6 Å². The Morgan fingerprint density at radius 3 is 3.00 bits per heavy atom. The van der Waals surface area contributed by atoms with E-state index in [0.717, 1.165) is 15.7 Å². The van der Waals surface area contributed by atoms with Crippen LogP contribution in [-0.4, -0.2) is 36.0 Å². The van der Waals surface area contributed by atoms with E-state index in [9.17, 15) is 9.59 Å². The highest BCUT2D eigenvalue weighted by atomic mass is 79.9. The van der Waals surface area contributed by atoms with Gasteiger partial charge in [-0.1, -0.05) is 28.9 Å². The number of piperazine rings is 1. The number of halogens is 1. The number of nitrogens with one attached hydrogen (secondary N) is 2. The summed E-state index contributed by atoms with van der Waals surface area (Å²) in [5.41, 5.74) is 1.72. The largest absolute Gasteiger partial charge is 0.353 e. The standard InChI is InChI=1S/C14H18BrN3O2/c1-3-12-13(19)16-7-8-18(12)14(20)17-11-6-4-5-10(15)9(11)2/h4-6,12H,3,7-8H2,1-2H3,(H,16,19)(H,17,20)/t12-/m1/s1. The molecule has 1 aliphatic rings. The van der Waals surface area contributed by atoms with Crippen LogP contribution >= 0.6 is 15.9 Å². The van der Waals surface area contributed by atoms with Gasteiger partial charge >= 0.3 is 6.03 Å². The molecule has 3 amide bonds. The Bertz CT molecular complexity index is 533. The van der Waals surface area contributed by atoms with Gasteiger partial charge in [-0.05, 0) is 31.0 Å². The summed E-state index contributed by atoms with van der Waals surface area (Å²) >= 11 is 3.44. The SMILES string of the molecule is CC[C@@H]1C(=O)NCCN1C(=O)Nc1cccc(Br)c1C. The summed E-state index contributed by atoms with van der Waals surface area (Å²) in [6.45, 7) is 4.86. The van der Waals surface area contributed by atoms with Gasteiger partial charge in [0.25, 0.3) is 0 Å². The number of carbonyl (C=O) groups excluding carboxylic acids is 2. The summed E-state index contributed by atoms with van der Waals surface area (Å²) in [6.07, 6.45) is 0.608. The van der Waals surface area contributed by atoms with Gasteiger partial charge in [-0.25, -0.2) is 4.79 Å². The van der Waals surface area contributed by atoms with E-state index in [-0.39, 0.29) is 11.9 Å². The average molecular weight is 340 g/mol. The van der Waals surface area contributed by atoms with Gasteiger partial charge in [0, 0.05) is 23.2 Å². The number of carbonyl (C=O) groups is 2. The number of anilines is 1. The molecule has 1 aromatic rings. The molecule has 0 spiro atoms. The van der Waals surface area contributed by atoms with Crippen molar-refractivity contribution < 1.29 is 9.59 Å². The zero-order chi connectivity index (χ0) is 14.7. The molecular formula is C14H18BrN3O2. The fourth-order valence-corrected chi connectivity index (χ4v) is 2.66. The minimum Gasteiger partial charge on any atom is -0.353 e. The molecule has 0 radical (unpaired) electrons. The predicted molar refractivity (Wildman–Crippen MR) is 81.7 cm³/mol. The third kappa shape index (κ3) is 2.95. The Kier molecular flexibility index (Phi) is 4.65. The summed E-state index contributed by atoms with van der Waals surface area (Å²) in [7, 11) is 0. The van der Waals surface area contributed by atoms with Crippen molar-refractivity contribution in [3.63, 3.8) is 0 Å². The molecule has 108 valence electrons. The number of nitrogens with zero attached hydrogens (tertiary/aromatic N) is 1. The summed E-state index contributed by atoms with van der Waals surface area (Å²) in [5, 5.41) is 5.67. The quantitative estimate of drug-likeness (QED) is 0.869. The molecule has 2 rings (SSSR count). The van der Waals surface area contributed by atoms with Crippen molar-refractivity contribution in [2.45, 2.75) is 26.3 Å². The Balaban J connectivity index is 2.15. The molecule has 0 saturated carbocycles. The molecule has 2 N–H and O–H groups in total. The van der Waals surface area contributed by atoms with Crippen LogP contribution in [0.4, 0.5) is 10.5 Å². The molecule has 0 aliphatic carbocycles. The monoisotopic (exact) mass is 339 g/mol. The molecule has 0 bridgehead atoms. The Labute approximate surface area is 126 Å². The average Bonchev–Trinajstić information content (AvgIpc) is 2.43. The maximum absolute atomic E-state index is 12.4. The van der Waals surface area contributed by atoms with E-state index in [1.807, 2.05) is 32.0 Å². The second-order valence-electron chi connectivity index (χ2n) is 4.75. The molecule has 1 aliphatic heterocycles. The van der Waals surface area contributed by atoms with Crippen molar-refractivity contribution >= 4 is 33.6 Å². The Morgan fingerprint density at radius 1 is 1.55 bits per heavy atom. The smallest absolute Gasteiger partial charge is 0.322 e. The minimum atomic E-state index is -0.392. The molecule has 5 nitrogen and oxygen atoms in total. The van der Waals surface area contributed by atoms with Gasteiger partial charge in [0.2, 0.25) is 5.91 Å². The highest BCUT2D eigenvalue weighted by Gasteiger charge is 2.31. The van der Waals surface area contributed by atoms with Gasteiger partial charge in [0.15, 0.2) is 0 Å². The zero-order valence-electron chi connectivity index (χ0n) is 11.6. The number of hydrogen-bond donors (Lipinski definition) is 2. The Morgan fingerprint density at radius 2 is 2.30 bits per heavy atom. The maximum Gasteiger partial charge on any atom is 0.322 e. The van der Waals surface area contributed by atoms with Gasteiger partial charge in [0.05, 0.1) is 0 Å². The van der Waals surface area contributed by atoms with Crippen molar-refractivity contribution in [1.82, 2.24) is 10.2 Å². The molecule has 0 aromatic heterocycles. The van der Waals surface area contributed by atoms with Crippen LogP contribution in [0.25, 0.3) is 0 Å². The van der Waals surface area contributed by atoms with Crippen molar-refractivity contribution in [1.29, 1.82) is 0 Å². The lowest BCUT2D eigenvalue weighted by atomic mass is 10.1. The number of urea groups is 1. The van der Waals surface area contributed by atoms with Gasteiger partial charge in [0.1, 0.15) is 6.04 Å². The third-order valence-corrected chi connectivity index (χ3v) is 4.35. The molecule has 6 heteroatoms. The zero-order valence-corrected chi connectivity index (χ0v) is 13.2. The van der Waals surface area contributed by atoms with Gasteiger partial charge in [-0.2, -0.15) is 0 Å². The van der Waals surface area contributed by atoms with Gasteiger partial charge in [-0.15, -0.1) is 0 Å². The van der Waals surface area contributed by atoms with E-state index < -0.39 is 6.04 Å². The third-order valence-electron chi connectivity index (χ3n) is 3.49. The van der Waals surface area contributed by atoms with Crippen LogP contribution in [0.3, 0.4) is 0 Å². The number of rotatable bonds is 2. The Hall–Kier alpha value is -1.56. The van der Waals surface area contributed by atoms with Crippen LogP contribution in [0.5, 0.6) is 0 Å². The van der Waals surface area contributed by atoms with E-state index in [1.165, 1.54) is 0 Å². The number of hydrogen-bond acceptors (Lipinski definition) is 2. The van der Waals surface area contributed by atoms with E-state index >= 15 is 0 Å². The maximum atomic E-state index is 12.4. The van der Waals surface area contributed by atoms with E-state index in [1.54, 1.807) is 4.90 Å². The lowest BCUT2D eigenvalue weighted by molar-refractivity contribution is -0.127. The first-order chi connectivity index (χ1) is 9.54. The molecule has 1 saturated heterocycles. The van der Waals surface area contributed by atoms with Crippen LogP contribution in [0.15, 0.2) is 22.7 Å².